The number of rotatable bonds is 5. The third kappa shape index (κ3) is 3.78. The molecule has 0 spiro atoms. The standard InChI is InChI=1S/C15H17NO4S/c1-11(15(17)20-2)9-21(18,19)10-13-6-3-5-12-7-4-8-16-14(12)13/h3-8,11H,9-10H2,1-2H3. The zero-order chi connectivity index (χ0) is 15.5. The van der Waals surface area contributed by atoms with E-state index in [9.17, 15) is 13.2 Å². The van der Waals surface area contributed by atoms with Crippen LogP contribution in [0.5, 0.6) is 0 Å². The molecule has 0 fully saturated rings. The largest absolute Gasteiger partial charge is 0.469 e. The molecule has 1 aromatic heterocycles. The van der Waals surface area contributed by atoms with Crippen molar-refractivity contribution in [3.05, 3.63) is 42.1 Å². The average molecular weight is 307 g/mol. The van der Waals surface area contributed by atoms with Gasteiger partial charge in [0.15, 0.2) is 9.84 Å². The molecular formula is C15H17NO4S. The van der Waals surface area contributed by atoms with E-state index in [4.69, 9.17) is 0 Å². The number of methoxy groups -OCH3 is 1. The molecule has 0 aliphatic carbocycles. The Kier molecular flexibility index (Phi) is 4.57. The Bertz CT molecular complexity index is 750. The molecule has 1 heterocycles. The second-order valence-corrected chi connectivity index (χ2v) is 7.08. The normalized spacial score (nSPS) is 13.0. The summed E-state index contributed by atoms with van der Waals surface area (Å²) >= 11 is 0. The van der Waals surface area contributed by atoms with Crippen molar-refractivity contribution in [1.82, 2.24) is 4.98 Å². The summed E-state index contributed by atoms with van der Waals surface area (Å²) in [4.78, 5) is 15.6. The van der Waals surface area contributed by atoms with Gasteiger partial charge in [-0.05, 0) is 11.6 Å². The Morgan fingerprint density at radius 2 is 2.00 bits per heavy atom. The highest BCUT2D eigenvalue weighted by Crippen LogP contribution is 2.19. The van der Waals surface area contributed by atoms with Crippen LogP contribution in [0.1, 0.15) is 12.5 Å². The minimum Gasteiger partial charge on any atom is -0.469 e. The summed E-state index contributed by atoms with van der Waals surface area (Å²) in [6.07, 6.45) is 1.63. The molecule has 0 aliphatic rings. The molecule has 0 N–H and O–H groups in total. The Labute approximate surface area is 123 Å². The number of carbonyl (C=O) groups is 1. The summed E-state index contributed by atoms with van der Waals surface area (Å²) in [5, 5.41) is 0.895. The Balaban J connectivity index is 2.25. The SMILES string of the molecule is COC(=O)C(C)CS(=O)(=O)Cc1cccc2cccnc12. The zero-order valence-electron chi connectivity index (χ0n) is 11.9. The van der Waals surface area contributed by atoms with Crippen LogP contribution >= 0.6 is 0 Å². The monoisotopic (exact) mass is 307 g/mol. The molecule has 0 saturated heterocycles. The van der Waals surface area contributed by atoms with E-state index < -0.39 is 21.7 Å². The molecule has 6 heteroatoms. The van der Waals surface area contributed by atoms with E-state index in [1.165, 1.54) is 7.11 Å². The molecule has 2 rings (SSSR count). The molecule has 1 atom stereocenters. The van der Waals surface area contributed by atoms with Gasteiger partial charge in [-0.2, -0.15) is 0 Å². The topological polar surface area (TPSA) is 73.3 Å². The van der Waals surface area contributed by atoms with E-state index in [2.05, 4.69) is 9.72 Å². The Morgan fingerprint density at radius 3 is 2.71 bits per heavy atom. The summed E-state index contributed by atoms with van der Waals surface area (Å²) in [6, 6.07) is 9.12. The minimum atomic E-state index is -3.42. The van der Waals surface area contributed by atoms with Gasteiger partial charge < -0.3 is 4.74 Å². The predicted molar refractivity (Wildman–Crippen MR) is 80.4 cm³/mol. The van der Waals surface area contributed by atoms with Crippen molar-refractivity contribution in [2.45, 2.75) is 12.7 Å². The molecule has 2 aromatic rings. The second kappa shape index (κ2) is 6.22. The highest BCUT2D eigenvalue weighted by atomic mass is 32.2. The summed E-state index contributed by atoms with van der Waals surface area (Å²) in [5.41, 5.74) is 1.32. The van der Waals surface area contributed by atoms with Crippen LogP contribution in [0.2, 0.25) is 0 Å². The Hall–Kier alpha value is -1.95. The summed E-state index contributed by atoms with van der Waals surface area (Å²) in [5.74, 6) is -1.57. The third-order valence-electron chi connectivity index (χ3n) is 3.20. The summed E-state index contributed by atoms with van der Waals surface area (Å²) in [6.45, 7) is 1.55. The van der Waals surface area contributed by atoms with Crippen LogP contribution in [0.15, 0.2) is 36.5 Å². The average Bonchev–Trinajstić information content (AvgIpc) is 2.46. The molecule has 0 aliphatic heterocycles. The van der Waals surface area contributed by atoms with Gasteiger partial charge in [0.2, 0.25) is 0 Å². The lowest BCUT2D eigenvalue weighted by Gasteiger charge is -2.11. The van der Waals surface area contributed by atoms with Crippen molar-refractivity contribution in [2.24, 2.45) is 5.92 Å². The van der Waals surface area contributed by atoms with E-state index in [0.717, 1.165) is 5.39 Å². The molecule has 5 nitrogen and oxygen atoms in total. The number of hydrogen-bond acceptors (Lipinski definition) is 5. The second-order valence-electron chi connectivity index (χ2n) is 4.97. The first-order valence-corrected chi connectivity index (χ1v) is 8.36. The number of ether oxygens (including phenoxy) is 1. The quantitative estimate of drug-likeness (QED) is 0.789. The van der Waals surface area contributed by atoms with Crippen LogP contribution in [0, 0.1) is 5.92 Å². The number of aromatic nitrogens is 1. The van der Waals surface area contributed by atoms with Crippen LogP contribution in [-0.2, 0) is 25.1 Å². The molecule has 0 saturated carbocycles. The lowest BCUT2D eigenvalue weighted by molar-refractivity contribution is -0.144. The number of pyridine rings is 1. The zero-order valence-corrected chi connectivity index (χ0v) is 12.8. The van der Waals surface area contributed by atoms with Crippen LogP contribution in [0.4, 0.5) is 0 Å². The van der Waals surface area contributed by atoms with Crippen molar-refractivity contribution in [3.63, 3.8) is 0 Å². The van der Waals surface area contributed by atoms with Crippen molar-refractivity contribution >= 4 is 26.7 Å². The van der Waals surface area contributed by atoms with Crippen LogP contribution in [0.3, 0.4) is 0 Å². The predicted octanol–water partition coefficient (Wildman–Crippen LogP) is 1.96. The van der Waals surface area contributed by atoms with Gasteiger partial charge in [0.05, 0.1) is 30.1 Å². The van der Waals surface area contributed by atoms with Crippen LogP contribution < -0.4 is 0 Å². The molecule has 1 unspecified atom stereocenters. The number of esters is 1. The van der Waals surface area contributed by atoms with Gasteiger partial charge in [0, 0.05) is 11.6 Å². The van der Waals surface area contributed by atoms with Gasteiger partial charge in [-0.25, -0.2) is 8.42 Å². The molecule has 21 heavy (non-hydrogen) atoms. The van der Waals surface area contributed by atoms with Gasteiger partial charge >= 0.3 is 5.97 Å². The maximum absolute atomic E-state index is 12.2. The van der Waals surface area contributed by atoms with E-state index in [1.807, 2.05) is 12.1 Å². The van der Waals surface area contributed by atoms with Crippen molar-refractivity contribution in [3.8, 4) is 0 Å². The molecule has 0 radical (unpaired) electrons. The van der Waals surface area contributed by atoms with Gasteiger partial charge in [0.25, 0.3) is 0 Å². The van der Waals surface area contributed by atoms with Crippen molar-refractivity contribution < 1.29 is 17.9 Å². The van der Waals surface area contributed by atoms with E-state index >= 15 is 0 Å². The van der Waals surface area contributed by atoms with E-state index in [1.54, 1.807) is 31.3 Å². The lowest BCUT2D eigenvalue weighted by atomic mass is 10.1. The number of fused-ring (bicyclic) bond motifs is 1. The molecule has 0 bridgehead atoms. The van der Waals surface area contributed by atoms with Crippen molar-refractivity contribution in [2.75, 3.05) is 12.9 Å². The van der Waals surface area contributed by atoms with Crippen LogP contribution in [-0.4, -0.2) is 32.2 Å². The number of benzene rings is 1. The number of sulfone groups is 1. The fraction of sp³-hybridized carbons (Fsp3) is 0.333. The smallest absolute Gasteiger partial charge is 0.309 e. The first kappa shape index (κ1) is 15.4. The number of para-hydroxylation sites is 1. The first-order valence-electron chi connectivity index (χ1n) is 6.54. The van der Waals surface area contributed by atoms with Gasteiger partial charge in [-0.1, -0.05) is 31.2 Å². The lowest BCUT2D eigenvalue weighted by Crippen LogP contribution is -2.23. The number of nitrogens with zero attached hydrogens (tertiary/aromatic N) is 1. The fourth-order valence-electron chi connectivity index (χ4n) is 2.23. The maximum Gasteiger partial charge on any atom is 0.309 e. The van der Waals surface area contributed by atoms with Crippen molar-refractivity contribution in [1.29, 1.82) is 0 Å². The number of carbonyl (C=O) groups excluding carboxylic acids is 1. The highest BCUT2D eigenvalue weighted by molar-refractivity contribution is 7.90. The molecule has 112 valence electrons. The molecular weight excluding hydrogens is 290 g/mol. The molecule has 0 amide bonds. The van der Waals surface area contributed by atoms with Crippen LogP contribution in [0.25, 0.3) is 10.9 Å². The highest BCUT2D eigenvalue weighted by Gasteiger charge is 2.23. The summed E-state index contributed by atoms with van der Waals surface area (Å²) in [7, 11) is -2.17. The Morgan fingerprint density at radius 1 is 1.29 bits per heavy atom. The van der Waals surface area contributed by atoms with Gasteiger partial charge in [-0.15, -0.1) is 0 Å². The fourth-order valence-corrected chi connectivity index (χ4v) is 3.95. The minimum absolute atomic E-state index is 0.136. The van der Waals surface area contributed by atoms with E-state index in [0.29, 0.717) is 11.1 Å². The summed E-state index contributed by atoms with van der Waals surface area (Å²) < 4.78 is 29.0. The third-order valence-corrected chi connectivity index (χ3v) is 4.96. The van der Waals surface area contributed by atoms with Gasteiger partial charge in [0.1, 0.15) is 0 Å². The maximum atomic E-state index is 12.2. The molecule has 1 aromatic carbocycles. The van der Waals surface area contributed by atoms with Gasteiger partial charge in [-0.3, -0.25) is 9.78 Å². The number of hydrogen-bond donors (Lipinski definition) is 0. The van der Waals surface area contributed by atoms with E-state index in [-0.39, 0.29) is 11.5 Å². The first-order chi connectivity index (χ1) is 9.93.